The Hall–Kier alpha value is -1.96. The molecule has 7 heteroatoms. The first-order chi connectivity index (χ1) is 12.3. The molecule has 2 amide bonds. The van der Waals surface area contributed by atoms with Crippen molar-refractivity contribution in [1.29, 1.82) is 0 Å². The molecule has 1 aliphatic rings. The number of aryl methyl sites for hydroxylation is 3. The fourth-order valence-corrected chi connectivity index (χ4v) is 4.82. The fourth-order valence-electron chi connectivity index (χ4n) is 2.84. The molecular formula is C19H18N2O2S3. The molecule has 4 nitrogen and oxygen atoms in total. The minimum atomic E-state index is -0.256. The topological polar surface area (TPSA) is 49.4 Å². The van der Waals surface area contributed by atoms with E-state index in [-0.39, 0.29) is 18.4 Å². The van der Waals surface area contributed by atoms with E-state index in [1.54, 1.807) is 11.3 Å². The van der Waals surface area contributed by atoms with Gasteiger partial charge in [-0.2, -0.15) is 0 Å². The summed E-state index contributed by atoms with van der Waals surface area (Å²) in [5, 5.41) is 4.87. The van der Waals surface area contributed by atoms with Gasteiger partial charge in [-0.05, 0) is 49.4 Å². The summed E-state index contributed by atoms with van der Waals surface area (Å²) >= 11 is 8.08. The Morgan fingerprint density at radius 2 is 1.96 bits per heavy atom. The quantitative estimate of drug-likeness (QED) is 0.604. The van der Waals surface area contributed by atoms with E-state index in [2.05, 4.69) is 5.32 Å². The van der Waals surface area contributed by atoms with Gasteiger partial charge in [0.25, 0.3) is 5.91 Å². The van der Waals surface area contributed by atoms with E-state index in [9.17, 15) is 9.59 Å². The van der Waals surface area contributed by atoms with Crippen molar-refractivity contribution in [2.24, 2.45) is 0 Å². The third-order valence-electron chi connectivity index (χ3n) is 3.93. The number of thioether (sulfide) groups is 1. The second-order valence-electron chi connectivity index (χ2n) is 6.11. The van der Waals surface area contributed by atoms with Crippen LogP contribution in [0.1, 0.15) is 21.6 Å². The van der Waals surface area contributed by atoms with Crippen LogP contribution in [0.15, 0.2) is 34.6 Å². The molecule has 0 saturated carbocycles. The molecule has 3 rings (SSSR count). The number of carbonyl (C=O) groups is 2. The van der Waals surface area contributed by atoms with Crippen molar-refractivity contribution in [3.05, 3.63) is 56.1 Å². The average Bonchev–Trinajstić information content (AvgIpc) is 3.15. The first-order valence-corrected chi connectivity index (χ1v) is 10.1. The summed E-state index contributed by atoms with van der Waals surface area (Å²) in [7, 11) is 0. The molecule has 0 bridgehead atoms. The van der Waals surface area contributed by atoms with Crippen molar-refractivity contribution in [1.82, 2.24) is 4.90 Å². The van der Waals surface area contributed by atoms with Gasteiger partial charge in [0.2, 0.25) is 5.91 Å². The largest absolute Gasteiger partial charge is 0.324 e. The highest BCUT2D eigenvalue weighted by molar-refractivity contribution is 8.26. The Bertz CT molecular complexity index is 894. The summed E-state index contributed by atoms with van der Waals surface area (Å²) in [4.78, 5) is 28.0. The lowest BCUT2D eigenvalue weighted by Gasteiger charge is -2.16. The maximum Gasteiger partial charge on any atom is 0.266 e. The van der Waals surface area contributed by atoms with E-state index in [0.717, 1.165) is 27.3 Å². The Morgan fingerprint density at radius 1 is 1.27 bits per heavy atom. The van der Waals surface area contributed by atoms with Crippen LogP contribution in [-0.4, -0.2) is 27.6 Å². The molecule has 2 aromatic rings. The van der Waals surface area contributed by atoms with Crippen molar-refractivity contribution < 1.29 is 9.59 Å². The summed E-state index contributed by atoms with van der Waals surface area (Å²) in [6.45, 7) is 5.85. The zero-order valence-electron chi connectivity index (χ0n) is 14.7. The van der Waals surface area contributed by atoms with E-state index in [4.69, 9.17) is 12.2 Å². The number of hydrogen-bond donors (Lipinski definition) is 1. The van der Waals surface area contributed by atoms with Crippen molar-refractivity contribution >= 4 is 63.2 Å². The van der Waals surface area contributed by atoms with E-state index >= 15 is 0 Å². The summed E-state index contributed by atoms with van der Waals surface area (Å²) in [6.07, 6.45) is 1.82. The number of anilines is 1. The first kappa shape index (κ1) is 18.8. The van der Waals surface area contributed by atoms with Crippen LogP contribution in [0.25, 0.3) is 6.08 Å². The molecule has 1 saturated heterocycles. The van der Waals surface area contributed by atoms with Crippen molar-refractivity contribution in [2.45, 2.75) is 20.8 Å². The molecule has 26 heavy (non-hydrogen) atoms. The van der Waals surface area contributed by atoms with E-state index < -0.39 is 0 Å². The fraction of sp³-hybridized carbons (Fsp3) is 0.211. The Morgan fingerprint density at radius 3 is 2.58 bits per heavy atom. The van der Waals surface area contributed by atoms with Gasteiger partial charge in [-0.1, -0.05) is 47.7 Å². The zero-order valence-corrected chi connectivity index (χ0v) is 17.1. The van der Waals surface area contributed by atoms with Gasteiger partial charge in [0, 0.05) is 10.6 Å². The number of thiophene rings is 1. The molecule has 0 spiro atoms. The van der Waals surface area contributed by atoms with E-state index in [0.29, 0.717) is 9.23 Å². The van der Waals surface area contributed by atoms with Gasteiger partial charge in [0.1, 0.15) is 10.9 Å². The van der Waals surface area contributed by atoms with Gasteiger partial charge < -0.3 is 5.32 Å². The molecular weight excluding hydrogens is 384 g/mol. The number of hydrogen-bond acceptors (Lipinski definition) is 5. The van der Waals surface area contributed by atoms with Gasteiger partial charge in [0.05, 0.1) is 4.91 Å². The van der Waals surface area contributed by atoms with Crippen LogP contribution in [0.5, 0.6) is 0 Å². The monoisotopic (exact) mass is 402 g/mol. The van der Waals surface area contributed by atoms with Crippen LogP contribution in [0.2, 0.25) is 0 Å². The van der Waals surface area contributed by atoms with Crippen LogP contribution in [-0.2, 0) is 9.59 Å². The van der Waals surface area contributed by atoms with Crippen LogP contribution in [0.3, 0.4) is 0 Å². The standard InChI is InChI=1S/C19H18N2O2S3/c1-11-7-12(2)17(13(3)8-11)20-16(22)10-21-18(23)15(26-19(21)24)9-14-5-4-6-25-14/h4-9H,10H2,1-3H3,(H,20,22)/b15-9-. The maximum absolute atomic E-state index is 12.6. The SMILES string of the molecule is Cc1cc(C)c(NC(=O)CN2C(=O)/C(=C/c3cccs3)SC2=S)c(C)c1. The molecule has 0 aliphatic carbocycles. The molecule has 0 atom stereocenters. The van der Waals surface area contributed by atoms with Crippen molar-refractivity contribution in [3.63, 3.8) is 0 Å². The summed E-state index contributed by atoms with van der Waals surface area (Å²) < 4.78 is 0.408. The second-order valence-corrected chi connectivity index (χ2v) is 8.76. The van der Waals surface area contributed by atoms with Crippen LogP contribution >= 0.6 is 35.3 Å². The predicted molar refractivity (Wildman–Crippen MR) is 113 cm³/mol. The van der Waals surface area contributed by atoms with Crippen molar-refractivity contribution in [2.75, 3.05) is 11.9 Å². The third kappa shape index (κ3) is 4.06. The number of thiocarbonyl (C=S) groups is 1. The minimum Gasteiger partial charge on any atom is -0.324 e. The lowest BCUT2D eigenvalue weighted by molar-refractivity contribution is -0.126. The Balaban J connectivity index is 1.72. The highest BCUT2D eigenvalue weighted by Gasteiger charge is 2.33. The number of benzene rings is 1. The maximum atomic E-state index is 12.6. The Kier molecular flexibility index (Phi) is 5.60. The lowest BCUT2D eigenvalue weighted by Crippen LogP contribution is -2.36. The molecule has 0 radical (unpaired) electrons. The molecule has 1 aromatic carbocycles. The molecule has 1 aromatic heterocycles. The second kappa shape index (κ2) is 7.73. The number of amides is 2. The summed E-state index contributed by atoms with van der Waals surface area (Å²) in [5.41, 5.74) is 3.94. The minimum absolute atomic E-state index is 0.0841. The van der Waals surface area contributed by atoms with E-state index in [1.807, 2.05) is 56.5 Å². The number of nitrogens with one attached hydrogen (secondary N) is 1. The predicted octanol–water partition coefficient (Wildman–Crippen LogP) is 4.51. The molecule has 0 unspecified atom stereocenters. The van der Waals surface area contributed by atoms with Crippen LogP contribution < -0.4 is 5.32 Å². The normalized spacial score (nSPS) is 15.8. The van der Waals surface area contributed by atoms with Gasteiger partial charge in [-0.3, -0.25) is 14.5 Å². The number of rotatable bonds is 4. The summed E-state index contributed by atoms with van der Waals surface area (Å²) in [6, 6.07) is 7.90. The molecule has 134 valence electrons. The van der Waals surface area contributed by atoms with Gasteiger partial charge >= 0.3 is 0 Å². The highest BCUT2D eigenvalue weighted by Crippen LogP contribution is 2.33. The highest BCUT2D eigenvalue weighted by atomic mass is 32.2. The van der Waals surface area contributed by atoms with E-state index in [1.165, 1.54) is 16.7 Å². The number of nitrogens with zero attached hydrogens (tertiary/aromatic N) is 1. The lowest BCUT2D eigenvalue weighted by atomic mass is 10.1. The average molecular weight is 403 g/mol. The van der Waals surface area contributed by atoms with Gasteiger partial charge in [-0.25, -0.2) is 0 Å². The Labute approximate surface area is 166 Å². The summed E-state index contributed by atoms with van der Waals surface area (Å²) in [5.74, 6) is -0.477. The molecule has 1 fully saturated rings. The third-order valence-corrected chi connectivity index (χ3v) is 6.13. The van der Waals surface area contributed by atoms with Gasteiger partial charge in [-0.15, -0.1) is 11.3 Å². The van der Waals surface area contributed by atoms with Gasteiger partial charge in [0.15, 0.2) is 0 Å². The zero-order chi connectivity index (χ0) is 18.8. The van der Waals surface area contributed by atoms with Crippen molar-refractivity contribution in [3.8, 4) is 0 Å². The molecule has 1 aliphatic heterocycles. The number of carbonyl (C=O) groups excluding carboxylic acids is 2. The smallest absolute Gasteiger partial charge is 0.266 e. The molecule has 1 N–H and O–H groups in total. The van der Waals surface area contributed by atoms with Crippen LogP contribution in [0, 0.1) is 20.8 Å². The van der Waals surface area contributed by atoms with Crippen LogP contribution in [0.4, 0.5) is 5.69 Å². The first-order valence-electron chi connectivity index (χ1n) is 8.01. The molecule has 2 heterocycles.